The van der Waals surface area contributed by atoms with Crippen molar-refractivity contribution in [3.05, 3.63) is 71.8 Å². The standard InChI is InChI=1S/C17H16N4O/c1-12-4-3-7-18-16(12)11-19-17(22)14-6-2-5-13(8-14)15-9-20-21-10-15/h2-10H,11H2,1H3,(H,19,22)(H,20,21). The first-order chi connectivity index (χ1) is 10.7. The van der Waals surface area contributed by atoms with Crippen LogP contribution in [0.25, 0.3) is 11.1 Å². The second-order valence-corrected chi connectivity index (χ2v) is 5.02. The van der Waals surface area contributed by atoms with Crippen LogP contribution < -0.4 is 5.32 Å². The van der Waals surface area contributed by atoms with Gasteiger partial charge in [0.2, 0.25) is 0 Å². The van der Waals surface area contributed by atoms with Crippen LogP contribution in [0.2, 0.25) is 0 Å². The van der Waals surface area contributed by atoms with Gasteiger partial charge in [-0.2, -0.15) is 5.10 Å². The van der Waals surface area contributed by atoms with Gasteiger partial charge in [-0.3, -0.25) is 14.9 Å². The molecule has 0 radical (unpaired) electrons. The first-order valence-corrected chi connectivity index (χ1v) is 7.02. The summed E-state index contributed by atoms with van der Waals surface area (Å²) in [6, 6.07) is 11.3. The maximum absolute atomic E-state index is 12.3. The Kier molecular flexibility index (Phi) is 3.96. The number of H-pyrrole nitrogens is 1. The molecule has 5 heteroatoms. The molecule has 0 spiro atoms. The highest BCUT2D eigenvalue weighted by atomic mass is 16.1. The number of hydrogen-bond acceptors (Lipinski definition) is 3. The van der Waals surface area contributed by atoms with E-state index in [9.17, 15) is 4.79 Å². The van der Waals surface area contributed by atoms with Crippen LogP contribution >= 0.6 is 0 Å². The molecule has 5 nitrogen and oxygen atoms in total. The number of rotatable bonds is 4. The van der Waals surface area contributed by atoms with Crippen molar-refractivity contribution >= 4 is 5.91 Å². The molecule has 1 aromatic carbocycles. The predicted molar refractivity (Wildman–Crippen MR) is 84.2 cm³/mol. The molecule has 0 saturated carbocycles. The normalized spacial score (nSPS) is 10.4. The minimum Gasteiger partial charge on any atom is -0.346 e. The van der Waals surface area contributed by atoms with Crippen LogP contribution in [0, 0.1) is 6.92 Å². The van der Waals surface area contributed by atoms with E-state index < -0.39 is 0 Å². The molecular formula is C17H16N4O. The van der Waals surface area contributed by atoms with Gasteiger partial charge in [0.15, 0.2) is 0 Å². The molecule has 3 rings (SSSR count). The number of hydrogen-bond donors (Lipinski definition) is 2. The van der Waals surface area contributed by atoms with E-state index in [1.807, 2.05) is 37.3 Å². The van der Waals surface area contributed by atoms with Gasteiger partial charge in [0.1, 0.15) is 0 Å². The van der Waals surface area contributed by atoms with Gasteiger partial charge in [0, 0.05) is 23.5 Å². The molecule has 3 aromatic rings. The summed E-state index contributed by atoms with van der Waals surface area (Å²) in [7, 11) is 0. The van der Waals surface area contributed by atoms with E-state index in [2.05, 4.69) is 20.5 Å². The SMILES string of the molecule is Cc1cccnc1CNC(=O)c1cccc(-c2cn[nH]c2)c1. The number of nitrogens with zero attached hydrogens (tertiary/aromatic N) is 2. The molecule has 0 bridgehead atoms. The molecule has 0 aliphatic carbocycles. The van der Waals surface area contributed by atoms with Crippen LogP contribution in [0.4, 0.5) is 0 Å². The Hall–Kier alpha value is -2.95. The minimum absolute atomic E-state index is 0.115. The molecular weight excluding hydrogens is 276 g/mol. The highest BCUT2D eigenvalue weighted by Gasteiger charge is 2.08. The molecule has 0 saturated heterocycles. The molecule has 110 valence electrons. The molecule has 0 atom stereocenters. The number of pyridine rings is 1. The van der Waals surface area contributed by atoms with Crippen molar-refractivity contribution in [1.82, 2.24) is 20.5 Å². The van der Waals surface area contributed by atoms with E-state index in [0.29, 0.717) is 12.1 Å². The fourth-order valence-corrected chi connectivity index (χ4v) is 2.22. The van der Waals surface area contributed by atoms with Gasteiger partial charge >= 0.3 is 0 Å². The number of aromatic amines is 1. The van der Waals surface area contributed by atoms with Crippen LogP contribution in [0.1, 0.15) is 21.6 Å². The van der Waals surface area contributed by atoms with Crippen LogP contribution in [0.5, 0.6) is 0 Å². The third-order valence-corrected chi connectivity index (χ3v) is 3.49. The summed E-state index contributed by atoms with van der Waals surface area (Å²) in [5.74, 6) is -0.115. The van der Waals surface area contributed by atoms with Crippen molar-refractivity contribution in [1.29, 1.82) is 0 Å². The van der Waals surface area contributed by atoms with Gasteiger partial charge in [0.25, 0.3) is 5.91 Å². The molecule has 0 fully saturated rings. The summed E-state index contributed by atoms with van der Waals surface area (Å²) in [5, 5.41) is 9.60. The Morgan fingerprint density at radius 1 is 1.23 bits per heavy atom. The van der Waals surface area contributed by atoms with E-state index in [1.54, 1.807) is 24.7 Å². The molecule has 1 amide bonds. The van der Waals surface area contributed by atoms with E-state index in [0.717, 1.165) is 22.4 Å². The average molecular weight is 292 g/mol. The quantitative estimate of drug-likeness (QED) is 0.776. The predicted octanol–water partition coefficient (Wildman–Crippen LogP) is 2.71. The van der Waals surface area contributed by atoms with E-state index in [4.69, 9.17) is 0 Å². The molecule has 0 aliphatic heterocycles. The molecule has 0 aliphatic rings. The van der Waals surface area contributed by atoms with Gasteiger partial charge in [-0.15, -0.1) is 0 Å². The van der Waals surface area contributed by atoms with Crippen LogP contribution in [-0.2, 0) is 6.54 Å². The zero-order chi connectivity index (χ0) is 15.4. The highest BCUT2D eigenvalue weighted by Crippen LogP contribution is 2.18. The first-order valence-electron chi connectivity index (χ1n) is 7.02. The maximum atomic E-state index is 12.3. The van der Waals surface area contributed by atoms with E-state index in [1.165, 1.54) is 0 Å². The minimum atomic E-state index is -0.115. The summed E-state index contributed by atoms with van der Waals surface area (Å²) in [4.78, 5) is 16.6. The average Bonchev–Trinajstić information content (AvgIpc) is 3.08. The van der Waals surface area contributed by atoms with E-state index in [-0.39, 0.29) is 5.91 Å². The lowest BCUT2D eigenvalue weighted by molar-refractivity contribution is 0.0950. The largest absolute Gasteiger partial charge is 0.346 e. The molecule has 22 heavy (non-hydrogen) atoms. The number of carbonyl (C=O) groups excluding carboxylic acids is 1. The Labute approximate surface area is 128 Å². The van der Waals surface area contributed by atoms with Crippen LogP contribution in [-0.4, -0.2) is 21.1 Å². The topological polar surface area (TPSA) is 70.7 Å². The lowest BCUT2D eigenvalue weighted by Crippen LogP contribution is -2.23. The zero-order valence-corrected chi connectivity index (χ0v) is 12.2. The van der Waals surface area contributed by atoms with Crippen molar-refractivity contribution in [2.45, 2.75) is 13.5 Å². The van der Waals surface area contributed by atoms with Crippen LogP contribution in [0.15, 0.2) is 55.0 Å². The summed E-state index contributed by atoms with van der Waals surface area (Å²) in [6.45, 7) is 2.40. The maximum Gasteiger partial charge on any atom is 0.251 e. The monoisotopic (exact) mass is 292 g/mol. The zero-order valence-electron chi connectivity index (χ0n) is 12.2. The van der Waals surface area contributed by atoms with Crippen molar-refractivity contribution in [2.24, 2.45) is 0 Å². The van der Waals surface area contributed by atoms with Crippen molar-refractivity contribution in [2.75, 3.05) is 0 Å². The number of benzene rings is 1. The molecule has 2 heterocycles. The summed E-state index contributed by atoms with van der Waals surface area (Å²) in [5.41, 5.74) is 4.47. The van der Waals surface area contributed by atoms with Crippen molar-refractivity contribution in [3.8, 4) is 11.1 Å². The van der Waals surface area contributed by atoms with Gasteiger partial charge in [-0.1, -0.05) is 18.2 Å². The van der Waals surface area contributed by atoms with Gasteiger partial charge in [-0.05, 0) is 36.2 Å². The Morgan fingerprint density at radius 3 is 2.91 bits per heavy atom. The number of amides is 1. The lowest BCUT2D eigenvalue weighted by Gasteiger charge is -2.08. The number of aromatic nitrogens is 3. The third-order valence-electron chi connectivity index (χ3n) is 3.49. The summed E-state index contributed by atoms with van der Waals surface area (Å²) < 4.78 is 0. The fraction of sp³-hybridized carbons (Fsp3) is 0.118. The lowest BCUT2D eigenvalue weighted by atomic mass is 10.1. The Bertz CT molecular complexity index is 781. The van der Waals surface area contributed by atoms with Crippen LogP contribution in [0.3, 0.4) is 0 Å². The van der Waals surface area contributed by atoms with Gasteiger partial charge in [-0.25, -0.2) is 0 Å². The van der Waals surface area contributed by atoms with Crippen molar-refractivity contribution in [3.63, 3.8) is 0 Å². The van der Waals surface area contributed by atoms with Gasteiger partial charge < -0.3 is 5.32 Å². The Morgan fingerprint density at radius 2 is 2.14 bits per heavy atom. The fourth-order valence-electron chi connectivity index (χ4n) is 2.22. The summed E-state index contributed by atoms with van der Waals surface area (Å²) >= 11 is 0. The smallest absolute Gasteiger partial charge is 0.251 e. The number of nitrogens with one attached hydrogen (secondary N) is 2. The molecule has 2 aromatic heterocycles. The van der Waals surface area contributed by atoms with E-state index >= 15 is 0 Å². The first kappa shape index (κ1) is 14.0. The second-order valence-electron chi connectivity index (χ2n) is 5.02. The number of aryl methyl sites for hydroxylation is 1. The molecule has 2 N–H and O–H groups in total. The third kappa shape index (κ3) is 3.03. The summed E-state index contributed by atoms with van der Waals surface area (Å²) in [6.07, 6.45) is 5.26. The number of carbonyl (C=O) groups is 1. The van der Waals surface area contributed by atoms with Gasteiger partial charge in [0.05, 0.1) is 18.4 Å². The highest BCUT2D eigenvalue weighted by molar-refractivity contribution is 5.95. The second kappa shape index (κ2) is 6.22. The van der Waals surface area contributed by atoms with Crippen molar-refractivity contribution < 1.29 is 4.79 Å². The Balaban J connectivity index is 1.73. The molecule has 0 unspecified atom stereocenters.